The first-order valence-electron chi connectivity index (χ1n) is 6.61. The number of carbonyl (C=O) groups excluding carboxylic acids is 1. The van der Waals surface area contributed by atoms with Crippen LogP contribution in [0.4, 0.5) is 0 Å². The van der Waals surface area contributed by atoms with Crippen molar-refractivity contribution >= 4 is 11.9 Å². The van der Waals surface area contributed by atoms with Gasteiger partial charge in [0.15, 0.2) is 0 Å². The first-order valence-corrected chi connectivity index (χ1v) is 6.61. The molecule has 1 rings (SSSR count). The Morgan fingerprint density at radius 2 is 2.00 bits per heavy atom. The Kier molecular flexibility index (Phi) is 5.14. The van der Waals surface area contributed by atoms with Gasteiger partial charge in [-0.15, -0.1) is 0 Å². The Morgan fingerprint density at radius 3 is 2.44 bits per heavy atom. The van der Waals surface area contributed by atoms with Gasteiger partial charge in [0.2, 0.25) is 5.91 Å². The summed E-state index contributed by atoms with van der Waals surface area (Å²) in [6.45, 7) is 6.78. The molecule has 5 nitrogen and oxygen atoms in total. The third-order valence-corrected chi connectivity index (χ3v) is 3.38. The Bertz CT molecular complexity index is 311. The Hall–Kier alpha value is -1.10. The van der Waals surface area contributed by atoms with Crippen LogP contribution in [0.15, 0.2) is 0 Å². The standard InChI is InChI=1S/C13H24N2O3/c1-4-13(2,3)14-11(16)9-15(10-5-6-10)8-7-12(17)18/h10H,4-9H2,1-3H3,(H,14,16)(H,17,18). The van der Waals surface area contributed by atoms with Crippen LogP contribution in [-0.2, 0) is 9.59 Å². The number of carbonyl (C=O) groups is 2. The van der Waals surface area contributed by atoms with Crippen molar-refractivity contribution in [2.75, 3.05) is 13.1 Å². The molecule has 0 saturated heterocycles. The Morgan fingerprint density at radius 1 is 1.39 bits per heavy atom. The first kappa shape index (κ1) is 15.0. The highest BCUT2D eigenvalue weighted by atomic mass is 16.4. The van der Waals surface area contributed by atoms with Crippen molar-refractivity contribution in [3.63, 3.8) is 0 Å². The molecule has 1 aliphatic carbocycles. The Labute approximate surface area is 109 Å². The van der Waals surface area contributed by atoms with E-state index in [1.54, 1.807) is 0 Å². The summed E-state index contributed by atoms with van der Waals surface area (Å²) in [5.41, 5.74) is -0.195. The minimum Gasteiger partial charge on any atom is -0.481 e. The van der Waals surface area contributed by atoms with Crippen molar-refractivity contribution in [1.82, 2.24) is 10.2 Å². The van der Waals surface area contributed by atoms with Gasteiger partial charge >= 0.3 is 5.97 Å². The lowest BCUT2D eigenvalue weighted by Gasteiger charge is -2.27. The van der Waals surface area contributed by atoms with E-state index in [9.17, 15) is 9.59 Å². The van der Waals surface area contributed by atoms with Gasteiger partial charge in [0.05, 0.1) is 13.0 Å². The third-order valence-electron chi connectivity index (χ3n) is 3.38. The highest BCUT2D eigenvalue weighted by Crippen LogP contribution is 2.26. The van der Waals surface area contributed by atoms with Gasteiger partial charge in [0.1, 0.15) is 0 Å². The van der Waals surface area contributed by atoms with E-state index < -0.39 is 5.97 Å². The second kappa shape index (κ2) is 6.18. The summed E-state index contributed by atoms with van der Waals surface area (Å²) >= 11 is 0. The molecule has 0 bridgehead atoms. The van der Waals surface area contributed by atoms with Crippen molar-refractivity contribution in [2.45, 2.75) is 58.0 Å². The van der Waals surface area contributed by atoms with Crippen LogP contribution in [0.5, 0.6) is 0 Å². The minimum absolute atomic E-state index is 0.0147. The van der Waals surface area contributed by atoms with Gasteiger partial charge in [0, 0.05) is 18.1 Å². The fourth-order valence-corrected chi connectivity index (χ4v) is 1.76. The average molecular weight is 256 g/mol. The molecule has 0 unspecified atom stereocenters. The van der Waals surface area contributed by atoms with Crippen LogP contribution >= 0.6 is 0 Å². The number of rotatable bonds is 8. The molecule has 0 aromatic rings. The predicted molar refractivity (Wildman–Crippen MR) is 69.4 cm³/mol. The van der Waals surface area contributed by atoms with Crippen LogP contribution in [-0.4, -0.2) is 46.6 Å². The number of nitrogens with zero attached hydrogens (tertiary/aromatic N) is 1. The maximum Gasteiger partial charge on any atom is 0.304 e. The van der Waals surface area contributed by atoms with Crippen LogP contribution in [0.2, 0.25) is 0 Å². The number of hydrogen-bond acceptors (Lipinski definition) is 3. The average Bonchev–Trinajstić information content (AvgIpc) is 3.07. The van der Waals surface area contributed by atoms with Gasteiger partial charge in [-0.05, 0) is 33.1 Å². The first-order chi connectivity index (χ1) is 8.34. The van der Waals surface area contributed by atoms with Crippen LogP contribution in [0.25, 0.3) is 0 Å². The summed E-state index contributed by atoms with van der Waals surface area (Å²) in [6, 6.07) is 0.403. The molecule has 2 N–H and O–H groups in total. The fourth-order valence-electron chi connectivity index (χ4n) is 1.76. The van der Waals surface area contributed by atoms with Crippen molar-refractivity contribution < 1.29 is 14.7 Å². The molecule has 1 aliphatic rings. The lowest BCUT2D eigenvalue weighted by Crippen LogP contribution is -2.48. The zero-order valence-electron chi connectivity index (χ0n) is 11.5. The molecule has 0 aromatic heterocycles. The van der Waals surface area contributed by atoms with E-state index in [4.69, 9.17) is 5.11 Å². The van der Waals surface area contributed by atoms with E-state index in [2.05, 4.69) is 5.32 Å². The summed E-state index contributed by atoms with van der Waals surface area (Å²) in [7, 11) is 0. The highest BCUT2D eigenvalue weighted by Gasteiger charge is 2.31. The van der Waals surface area contributed by atoms with Gasteiger partial charge in [0.25, 0.3) is 0 Å². The monoisotopic (exact) mass is 256 g/mol. The molecule has 0 spiro atoms. The second-order valence-corrected chi connectivity index (χ2v) is 5.63. The zero-order chi connectivity index (χ0) is 13.8. The normalized spacial score (nSPS) is 15.8. The number of carboxylic acids is 1. The molecule has 0 aliphatic heterocycles. The molecule has 1 fully saturated rings. The van der Waals surface area contributed by atoms with Gasteiger partial charge in [-0.2, -0.15) is 0 Å². The van der Waals surface area contributed by atoms with E-state index in [0.717, 1.165) is 19.3 Å². The van der Waals surface area contributed by atoms with E-state index in [1.165, 1.54) is 0 Å². The third kappa shape index (κ3) is 5.49. The van der Waals surface area contributed by atoms with Gasteiger partial charge < -0.3 is 10.4 Å². The predicted octanol–water partition coefficient (Wildman–Crippen LogP) is 1.23. The molecule has 1 amide bonds. The van der Waals surface area contributed by atoms with Gasteiger partial charge in [-0.1, -0.05) is 6.92 Å². The number of aliphatic carboxylic acids is 1. The smallest absolute Gasteiger partial charge is 0.304 e. The lowest BCUT2D eigenvalue weighted by atomic mass is 10.0. The number of hydrogen-bond donors (Lipinski definition) is 2. The van der Waals surface area contributed by atoms with Crippen LogP contribution in [0.3, 0.4) is 0 Å². The molecule has 0 radical (unpaired) electrons. The summed E-state index contributed by atoms with van der Waals surface area (Å²) in [5.74, 6) is -0.825. The molecule has 18 heavy (non-hydrogen) atoms. The number of amides is 1. The highest BCUT2D eigenvalue weighted by molar-refractivity contribution is 5.79. The maximum atomic E-state index is 11.9. The zero-order valence-corrected chi connectivity index (χ0v) is 11.5. The van der Waals surface area contributed by atoms with Gasteiger partial charge in [-0.25, -0.2) is 0 Å². The summed E-state index contributed by atoms with van der Waals surface area (Å²) < 4.78 is 0. The van der Waals surface area contributed by atoms with Crippen LogP contribution < -0.4 is 5.32 Å². The fraction of sp³-hybridized carbons (Fsp3) is 0.846. The largest absolute Gasteiger partial charge is 0.481 e. The summed E-state index contributed by atoms with van der Waals surface area (Å²) in [5, 5.41) is 11.7. The second-order valence-electron chi connectivity index (χ2n) is 5.63. The Balaban J connectivity index is 2.40. The quantitative estimate of drug-likeness (QED) is 0.685. The molecule has 0 aromatic carbocycles. The van der Waals surface area contributed by atoms with E-state index >= 15 is 0 Å². The summed E-state index contributed by atoms with van der Waals surface area (Å²) in [4.78, 5) is 24.5. The molecule has 0 atom stereocenters. The van der Waals surface area contributed by atoms with E-state index in [-0.39, 0.29) is 17.9 Å². The van der Waals surface area contributed by atoms with Crippen molar-refractivity contribution in [3.8, 4) is 0 Å². The van der Waals surface area contributed by atoms with Gasteiger partial charge in [-0.3, -0.25) is 14.5 Å². The topological polar surface area (TPSA) is 69.6 Å². The molecule has 104 valence electrons. The SMILES string of the molecule is CCC(C)(C)NC(=O)CN(CCC(=O)O)C1CC1. The van der Waals surface area contributed by atoms with E-state index in [1.807, 2.05) is 25.7 Å². The van der Waals surface area contributed by atoms with E-state index in [0.29, 0.717) is 19.1 Å². The van der Waals surface area contributed by atoms with Crippen molar-refractivity contribution in [1.29, 1.82) is 0 Å². The molecule has 1 saturated carbocycles. The van der Waals surface area contributed by atoms with Crippen molar-refractivity contribution in [2.24, 2.45) is 0 Å². The molecule has 5 heteroatoms. The number of carboxylic acid groups (broad SMARTS) is 1. The molecular formula is C13H24N2O3. The van der Waals surface area contributed by atoms with Crippen LogP contribution in [0.1, 0.15) is 46.5 Å². The van der Waals surface area contributed by atoms with Crippen molar-refractivity contribution in [3.05, 3.63) is 0 Å². The summed E-state index contributed by atoms with van der Waals surface area (Å²) in [6.07, 6.45) is 3.12. The maximum absolute atomic E-state index is 11.9. The minimum atomic E-state index is -0.810. The lowest BCUT2D eigenvalue weighted by molar-refractivity contribution is -0.138. The molecular weight excluding hydrogens is 232 g/mol. The van der Waals surface area contributed by atoms with Crippen LogP contribution in [0, 0.1) is 0 Å². The number of nitrogens with one attached hydrogen (secondary N) is 1. The molecule has 0 heterocycles.